The van der Waals surface area contributed by atoms with Crippen molar-refractivity contribution in [2.24, 2.45) is 0 Å². The Balaban J connectivity index is 1.08. The zero-order chi connectivity index (χ0) is 43.8. The Morgan fingerprint density at radius 3 is 1.58 bits per heavy atom. The fourth-order valence-corrected chi connectivity index (χ4v) is 7.28. The lowest BCUT2D eigenvalue weighted by atomic mass is 9.77. The first-order valence-corrected chi connectivity index (χ1v) is 20.7. The molecule has 0 N–H and O–H groups in total. The lowest BCUT2D eigenvalue weighted by Gasteiger charge is -2.27. The quantitative estimate of drug-likeness (QED) is 0.0496. The van der Waals surface area contributed by atoms with Crippen molar-refractivity contribution >= 4 is 40.8 Å². The van der Waals surface area contributed by atoms with Gasteiger partial charge in [0.25, 0.3) is 0 Å². The Morgan fingerprint density at radius 1 is 0.565 bits per heavy atom. The number of rotatable bonds is 13. The summed E-state index contributed by atoms with van der Waals surface area (Å²) in [5.74, 6) is 1.82. The number of methoxy groups -OCH3 is 1. The molecule has 0 aromatic heterocycles. The Bertz CT molecular complexity index is 2680. The number of ether oxygens (including phenoxy) is 4. The molecular weight excluding hydrogens is 771 g/mol. The number of nitrogens with zero attached hydrogens (tertiary/aromatic N) is 1. The second-order valence-corrected chi connectivity index (χ2v) is 15.8. The van der Waals surface area contributed by atoms with Gasteiger partial charge in [0.15, 0.2) is 0 Å². The van der Waals surface area contributed by atoms with Gasteiger partial charge in [-0.2, -0.15) is 0 Å². The Labute approximate surface area is 364 Å². The molecular formula is C55H51NO6. The lowest BCUT2D eigenvalue weighted by molar-refractivity contribution is -0.134. The molecule has 0 aliphatic rings. The van der Waals surface area contributed by atoms with E-state index in [1.807, 2.05) is 86.6 Å². The normalized spacial score (nSPS) is 11.4. The van der Waals surface area contributed by atoms with E-state index in [4.69, 9.17) is 18.9 Å². The summed E-state index contributed by atoms with van der Waals surface area (Å²) in [6.45, 7) is 12.0. The number of hydrogen-bond acceptors (Lipinski definition) is 7. The van der Waals surface area contributed by atoms with Crippen LogP contribution in [0.3, 0.4) is 0 Å². The third-order valence-corrected chi connectivity index (χ3v) is 11.0. The van der Waals surface area contributed by atoms with Crippen molar-refractivity contribution in [3.63, 3.8) is 0 Å². The summed E-state index contributed by atoms with van der Waals surface area (Å²) in [6, 6.07) is 54.4. The number of carbonyl (C=O) groups is 2. The van der Waals surface area contributed by atoms with E-state index in [0.717, 1.165) is 67.3 Å². The largest absolute Gasteiger partial charge is 0.519 e. The molecule has 0 amide bonds. The van der Waals surface area contributed by atoms with Crippen molar-refractivity contribution in [1.29, 1.82) is 0 Å². The van der Waals surface area contributed by atoms with E-state index in [1.165, 1.54) is 5.56 Å². The van der Waals surface area contributed by atoms with E-state index in [0.29, 0.717) is 23.7 Å². The number of anilines is 3. The van der Waals surface area contributed by atoms with Crippen LogP contribution in [0.2, 0.25) is 0 Å². The number of hydrogen-bond donors (Lipinski definition) is 0. The molecule has 7 nitrogen and oxygen atoms in total. The van der Waals surface area contributed by atoms with E-state index in [2.05, 4.69) is 105 Å². The van der Waals surface area contributed by atoms with Crippen LogP contribution in [0.5, 0.6) is 23.0 Å². The molecule has 7 aromatic rings. The summed E-state index contributed by atoms with van der Waals surface area (Å²) in [7, 11) is 1.65. The van der Waals surface area contributed by atoms with E-state index >= 15 is 0 Å². The average molecular weight is 822 g/mol. The fraction of sp³-hybridized carbons (Fsp3) is 0.164. The van der Waals surface area contributed by atoms with Crippen LogP contribution >= 0.6 is 0 Å². The third kappa shape index (κ3) is 9.96. The summed E-state index contributed by atoms with van der Waals surface area (Å²) in [6.07, 6.45) is 1.64. The van der Waals surface area contributed by atoms with Crippen molar-refractivity contribution in [2.45, 2.75) is 53.4 Å². The summed E-state index contributed by atoms with van der Waals surface area (Å²) >= 11 is 0. The second-order valence-electron chi connectivity index (χ2n) is 15.8. The maximum Gasteiger partial charge on any atom is 0.519 e. The molecule has 0 heterocycles. The van der Waals surface area contributed by atoms with Crippen molar-refractivity contribution in [1.82, 2.24) is 0 Å². The minimum Gasteiger partial charge on any atom is -0.497 e. The maximum atomic E-state index is 13.1. The minimum atomic E-state index is -0.832. The van der Waals surface area contributed by atoms with E-state index < -0.39 is 6.16 Å². The van der Waals surface area contributed by atoms with Gasteiger partial charge in [-0.15, -0.1) is 0 Å². The summed E-state index contributed by atoms with van der Waals surface area (Å²) in [5, 5.41) is 0. The van der Waals surface area contributed by atoms with Gasteiger partial charge in [0.05, 0.1) is 7.11 Å². The van der Waals surface area contributed by atoms with Crippen LogP contribution in [0.4, 0.5) is 21.9 Å². The van der Waals surface area contributed by atoms with Gasteiger partial charge in [-0.25, -0.2) is 4.79 Å². The van der Waals surface area contributed by atoms with Crippen molar-refractivity contribution in [3.05, 3.63) is 208 Å². The summed E-state index contributed by atoms with van der Waals surface area (Å²) < 4.78 is 22.3. The predicted molar refractivity (Wildman–Crippen MR) is 249 cm³/mol. The van der Waals surface area contributed by atoms with Gasteiger partial charge >= 0.3 is 12.1 Å². The van der Waals surface area contributed by atoms with Crippen LogP contribution in [0, 0.1) is 20.8 Å². The highest BCUT2D eigenvalue weighted by molar-refractivity contribution is 5.92. The van der Waals surface area contributed by atoms with Crippen molar-refractivity contribution in [2.75, 3.05) is 12.0 Å². The van der Waals surface area contributed by atoms with E-state index in [-0.39, 0.29) is 11.4 Å². The highest BCUT2D eigenvalue weighted by atomic mass is 16.7. The summed E-state index contributed by atoms with van der Waals surface area (Å²) in [4.78, 5) is 27.2. The van der Waals surface area contributed by atoms with Crippen LogP contribution in [-0.4, -0.2) is 19.2 Å². The first-order valence-electron chi connectivity index (χ1n) is 20.7. The molecule has 7 rings (SSSR count). The SMILES string of the molecule is CCC(=O)Oc1ccc(C(C)(C)c2ccc(OC(=O)Oc3ccc(C(=Cc4ccc(N(c5ccccc5)c5ccc(C)cc5)cc4)c4ccc(OC)cc4)cc3)c(C)c2)cc1C. The smallest absolute Gasteiger partial charge is 0.497 e. The second kappa shape index (κ2) is 18.9. The number of para-hydroxylation sites is 1. The molecule has 7 aromatic carbocycles. The first kappa shape index (κ1) is 42.7. The molecule has 0 spiro atoms. The zero-order valence-electron chi connectivity index (χ0n) is 36.3. The maximum absolute atomic E-state index is 13.1. The van der Waals surface area contributed by atoms with Crippen molar-refractivity contribution < 1.29 is 28.5 Å². The zero-order valence-corrected chi connectivity index (χ0v) is 36.3. The molecule has 0 saturated carbocycles. The van der Waals surface area contributed by atoms with E-state index in [9.17, 15) is 9.59 Å². The van der Waals surface area contributed by atoms with Crippen molar-refractivity contribution in [3.8, 4) is 23.0 Å². The van der Waals surface area contributed by atoms with Gasteiger partial charge in [-0.3, -0.25) is 4.79 Å². The molecule has 62 heavy (non-hydrogen) atoms. The van der Waals surface area contributed by atoms with Gasteiger partial charge in [-0.1, -0.05) is 117 Å². The van der Waals surface area contributed by atoms with Gasteiger partial charge in [0.2, 0.25) is 0 Å². The number of carbonyl (C=O) groups excluding carboxylic acids is 2. The number of aryl methyl sites for hydroxylation is 3. The monoisotopic (exact) mass is 821 g/mol. The van der Waals surface area contributed by atoms with Gasteiger partial charge in [0, 0.05) is 28.9 Å². The summed E-state index contributed by atoms with van der Waals surface area (Å²) in [5.41, 5.74) is 11.7. The molecule has 0 fully saturated rings. The highest BCUT2D eigenvalue weighted by Gasteiger charge is 2.25. The van der Waals surface area contributed by atoms with Crippen LogP contribution in [0.1, 0.15) is 71.7 Å². The minimum absolute atomic E-state index is 0.267. The topological polar surface area (TPSA) is 74.3 Å². The molecule has 7 heteroatoms. The molecule has 0 unspecified atom stereocenters. The predicted octanol–water partition coefficient (Wildman–Crippen LogP) is 13.9. The van der Waals surface area contributed by atoms with Crippen LogP contribution < -0.4 is 23.8 Å². The molecule has 0 saturated heterocycles. The molecule has 0 radical (unpaired) electrons. The van der Waals surface area contributed by atoms with E-state index in [1.54, 1.807) is 32.2 Å². The van der Waals surface area contributed by atoms with Crippen LogP contribution in [-0.2, 0) is 10.2 Å². The third-order valence-electron chi connectivity index (χ3n) is 11.0. The standard InChI is InChI=1S/C55H51NO6/c1-8-53(57)61-51-32-22-43(34-38(51)3)55(5,6)44-23-33-52(39(4)35-44)62-54(58)60-49-30-20-42(21-31-49)50(41-18-28-48(59-7)29-19-41)36-40-16-26-47(27-17-40)56(45-12-10-9-11-13-45)46-24-14-37(2)15-25-46/h9-36H,8H2,1-7H3. The van der Waals surface area contributed by atoms with Gasteiger partial charge < -0.3 is 23.8 Å². The number of esters is 1. The fourth-order valence-electron chi connectivity index (χ4n) is 7.28. The first-order chi connectivity index (χ1) is 29.9. The molecule has 0 bridgehead atoms. The van der Waals surface area contributed by atoms with Crippen LogP contribution in [0.25, 0.3) is 11.6 Å². The lowest BCUT2D eigenvalue weighted by Crippen LogP contribution is -2.20. The Hall–Kier alpha value is -7.38. The van der Waals surface area contributed by atoms with Crippen LogP contribution in [0.15, 0.2) is 164 Å². The molecule has 0 aliphatic carbocycles. The number of benzene rings is 7. The molecule has 0 aliphatic heterocycles. The average Bonchev–Trinajstić information content (AvgIpc) is 3.28. The molecule has 312 valence electrons. The van der Waals surface area contributed by atoms with Gasteiger partial charge in [0.1, 0.15) is 23.0 Å². The molecule has 0 atom stereocenters. The highest BCUT2D eigenvalue weighted by Crippen LogP contribution is 2.38. The Kier molecular flexibility index (Phi) is 13.0. The van der Waals surface area contributed by atoms with Gasteiger partial charge in [-0.05, 0) is 144 Å². The Morgan fingerprint density at radius 2 is 1.06 bits per heavy atom.